The molecule has 0 spiro atoms. The number of rotatable bonds is 6. The number of aromatic carboxylic acids is 1. The van der Waals surface area contributed by atoms with Crippen molar-refractivity contribution in [2.24, 2.45) is 0 Å². The molecule has 0 aromatic heterocycles. The van der Waals surface area contributed by atoms with E-state index in [1.807, 2.05) is 0 Å². The van der Waals surface area contributed by atoms with E-state index >= 15 is 0 Å². The number of nitrogens with zero attached hydrogens (tertiary/aromatic N) is 2. The number of carbonyl (C=O) groups is 1. The van der Waals surface area contributed by atoms with E-state index in [4.69, 9.17) is 19.7 Å². The average Bonchev–Trinajstić information content (AvgIpc) is 2.66. The Bertz CT molecular complexity index is 852. The van der Waals surface area contributed by atoms with E-state index in [1.54, 1.807) is 0 Å². The maximum Gasteiger partial charge on any atom is 0.342 e. The third-order valence-electron chi connectivity index (χ3n) is 3.28. The highest BCUT2D eigenvalue weighted by Gasteiger charge is 2.20. The summed E-state index contributed by atoms with van der Waals surface area (Å²) in [4.78, 5) is 30.2. The molecular formula is C16H16N2O9. The number of carboxylic acids is 1. The fraction of sp³-hybridized carbons (Fsp3) is 0.188. The van der Waals surface area contributed by atoms with Gasteiger partial charge in [0.05, 0.1) is 36.2 Å². The zero-order valence-electron chi connectivity index (χ0n) is 14.3. The second-order valence-electron chi connectivity index (χ2n) is 4.86. The normalized spacial score (nSPS) is 9.59. The molecule has 11 heteroatoms. The summed E-state index contributed by atoms with van der Waals surface area (Å²) in [5, 5.41) is 38.4. The monoisotopic (exact) mass is 380 g/mol. The smallest absolute Gasteiger partial charge is 0.342 e. The second kappa shape index (κ2) is 9.68. The van der Waals surface area contributed by atoms with Crippen molar-refractivity contribution in [3.05, 3.63) is 67.8 Å². The molecule has 2 N–H and O–H groups in total. The van der Waals surface area contributed by atoms with E-state index < -0.39 is 21.5 Å². The largest absolute Gasteiger partial charge is 0.497 e. The van der Waals surface area contributed by atoms with Crippen molar-refractivity contribution in [1.29, 1.82) is 0 Å². The molecule has 0 aliphatic carbocycles. The van der Waals surface area contributed by atoms with Crippen molar-refractivity contribution in [2.45, 2.75) is 6.61 Å². The van der Waals surface area contributed by atoms with Gasteiger partial charge in [0.2, 0.25) is 0 Å². The predicted molar refractivity (Wildman–Crippen MR) is 92.2 cm³/mol. The highest BCUT2D eigenvalue weighted by molar-refractivity contribution is 5.92. The van der Waals surface area contributed by atoms with Gasteiger partial charge in [-0.25, -0.2) is 4.79 Å². The molecule has 0 amide bonds. The Morgan fingerprint density at radius 3 is 1.85 bits per heavy atom. The maximum atomic E-state index is 10.6. The van der Waals surface area contributed by atoms with Crippen LogP contribution in [0, 0.1) is 20.2 Å². The Balaban J connectivity index is 0.000000271. The summed E-state index contributed by atoms with van der Waals surface area (Å²) in [5.74, 6) is -0.585. The number of aliphatic hydroxyl groups excluding tert-OH is 1. The van der Waals surface area contributed by atoms with Gasteiger partial charge in [0.15, 0.2) is 0 Å². The molecular weight excluding hydrogens is 364 g/mol. The van der Waals surface area contributed by atoms with Crippen molar-refractivity contribution in [3.63, 3.8) is 0 Å². The van der Waals surface area contributed by atoms with Crippen LogP contribution in [0.5, 0.6) is 11.5 Å². The lowest BCUT2D eigenvalue weighted by Crippen LogP contribution is -2.02. The van der Waals surface area contributed by atoms with E-state index in [9.17, 15) is 25.0 Å². The molecule has 0 heterocycles. The molecule has 11 nitrogen and oxygen atoms in total. The van der Waals surface area contributed by atoms with Crippen molar-refractivity contribution in [2.75, 3.05) is 14.2 Å². The molecule has 0 radical (unpaired) electrons. The van der Waals surface area contributed by atoms with Crippen LogP contribution in [0.15, 0.2) is 36.4 Å². The van der Waals surface area contributed by atoms with E-state index in [0.717, 1.165) is 12.1 Å². The molecule has 0 saturated heterocycles. The lowest BCUT2D eigenvalue weighted by atomic mass is 10.2. The van der Waals surface area contributed by atoms with Crippen molar-refractivity contribution < 1.29 is 34.3 Å². The van der Waals surface area contributed by atoms with Gasteiger partial charge in [-0.3, -0.25) is 20.2 Å². The van der Waals surface area contributed by atoms with Crippen LogP contribution in [0.2, 0.25) is 0 Å². The molecule has 2 aromatic carbocycles. The zero-order valence-corrected chi connectivity index (χ0v) is 14.3. The third kappa shape index (κ3) is 5.64. The first-order chi connectivity index (χ1) is 12.7. The second-order valence-corrected chi connectivity index (χ2v) is 4.86. The molecule has 2 aromatic rings. The number of benzene rings is 2. The molecule has 0 bridgehead atoms. The van der Waals surface area contributed by atoms with E-state index in [-0.39, 0.29) is 29.2 Å². The maximum absolute atomic E-state index is 10.6. The van der Waals surface area contributed by atoms with Crippen molar-refractivity contribution in [1.82, 2.24) is 0 Å². The Labute approximate surface area is 152 Å². The number of hydrogen-bond donors (Lipinski definition) is 2. The highest BCUT2D eigenvalue weighted by Crippen LogP contribution is 2.24. The third-order valence-corrected chi connectivity index (χ3v) is 3.28. The van der Waals surface area contributed by atoms with Gasteiger partial charge in [-0.05, 0) is 18.2 Å². The van der Waals surface area contributed by atoms with Crippen LogP contribution in [0.1, 0.15) is 15.9 Å². The van der Waals surface area contributed by atoms with Crippen LogP contribution in [-0.2, 0) is 6.61 Å². The van der Waals surface area contributed by atoms with Gasteiger partial charge in [0.25, 0.3) is 11.4 Å². The molecule has 0 saturated carbocycles. The summed E-state index contributed by atoms with van der Waals surface area (Å²) in [7, 11) is 2.81. The van der Waals surface area contributed by atoms with E-state index in [0.29, 0.717) is 5.75 Å². The molecule has 2 rings (SSSR count). The fourth-order valence-corrected chi connectivity index (χ4v) is 1.97. The molecule has 0 fully saturated rings. The Kier molecular flexibility index (Phi) is 7.64. The van der Waals surface area contributed by atoms with Gasteiger partial charge in [0.1, 0.15) is 17.1 Å². The summed E-state index contributed by atoms with van der Waals surface area (Å²) < 4.78 is 9.61. The Morgan fingerprint density at radius 2 is 1.44 bits per heavy atom. The van der Waals surface area contributed by atoms with Gasteiger partial charge in [-0.15, -0.1) is 0 Å². The van der Waals surface area contributed by atoms with E-state index in [2.05, 4.69) is 0 Å². The number of carboxylic acid groups (broad SMARTS) is 1. The summed E-state index contributed by atoms with van der Waals surface area (Å²) in [5.41, 5.74) is -0.666. The molecule has 144 valence electrons. The topological polar surface area (TPSA) is 162 Å². The first-order valence-electron chi connectivity index (χ1n) is 7.23. The first-order valence-corrected chi connectivity index (χ1v) is 7.23. The minimum Gasteiger partial charge on any atom is -0.497 e. The molecule has 0 aliphatic rings. The zero-order chi connectivity index (χ0) is 20.6. The number of hydrogen-bond acceptors (Lipinski definition) is 8. The van der Waals surface area contributed by atoms with Gasteiger partial charge in [-0.2, -0.15) is 0 Å². The minimum absolute atomic E-state index is 0.0942. The summed E-state index contributed by atoms with van der Waals surface area (Å²) in [6.07, 6.45) is 0. The van der Waals surface area contributed by atoms with E-state index in [1.165, 1.54) is 38.5 Å². The lowest BCUT2D eigenvalue weighted by molar-refractivity contribution is -0.385. The highest BCUT2D eigenvalue weighted by atomic mass is 16.6. The number of nitro groups is 2. The van der Waals surface area contributed by atoms with Crippen LogP contribution >= 0.6 is 0 Å². The number of methoxy groups -OCH3 is 2. The van der Waals surface area contributed by atoms with Gasteiger partial charge >= 0.3 is 5.97 Å². The average molecular weight is 380 g/mol. The molecule has 27 heavy (non-hydrogen) atoms. The van der Waals surface area contributed by atoms with Crippen LogP contribution in [0.25, 0.3) is 0 Å². The predicted octanol–water partition coefficient (Wildman–Crippen LogP) is 2.40. The van der Waals surface area contributed by atoms with Gasteiger partial charge < -0.3 is 19.7 Å². The summed E-state index contributed by atoms with van der Waals surface area (Å²) in [6, 6.07) is 7.78. The minimum atomic E-state index is -1.35. The number of aliphatic hydroxyl groups is 1. The summed E-state index contributed by atoms with van der Waals surface area (Å²) >= 11 is 0. The fourth-order valence-electron chi connectivity index (χ4n) is 1.97. The first kappa shape index (κ1) is 21.3. The van der Waals surface area contributed by atoms with Crippen LogP contribution in [0.4, 0.5) is 11.4 Å². The lowest BCUT2D eigenvalue weighted by Gasteiger charge is -2.02. The Hall–Kier alpha value is -3.73. The molecule has 0 atom stereocenters. The quantitative estimate of drug-likeness (QED) is 0.566. The van der Waals surface area contributed by atoms with Crippen LogP contribution in [-0.4, -0.2) is 40.2 Å². The standard InChI is InChI=1S/C8H7NO5.C8H9NO4/c1-14-5-2-3-7(9(12)13)6(4-5)8(10)11;1-13-7-2-3-8(9(11)12)6(4-7)5-10/h2-4H,1H3,(H,10,11);2-4,10H,5H2,1H3. The van der Waals surface area contributed by atoms with Gasteiger partial charge in [0, 0.05) is 18.2 Å². The number of nitro benzene ring substituents is 2. The number of ether oxygens (including phenoxy) is 2. The van der Waals surface area contributed by atoms with Crippen molar-refractivity contribution >= 4 is 17.3 Å². The molecule has 0 aliphatic heterocycles. The van der Waals surface area contributed by atoms with Crippen LogP contribution in [0.3, 0.4) is 0 Å². The van der Waals surface area contributed by atoms with Crippen molar-refractivity contribution in [3.8, 4) is 11.5 Å². The SMILES string of the molecule is COc1ccc([N+](=O)[O-])c(C(=O)O)c1.COc1ccc([N+](=O)[O-])c(CO)c1. The Morgan fingerprint density at radius 1 is 0.963 bits per heavy atom. The molecule has 0 unspecified atom stereocenters. The van der Waals surface area contributed by atoms with Gasteiger partial charge in [-0.1, -0.05) is 0 Å². The van der Waals surface area contributed by atoms with Crippen LogP contribution < -0.4 is 9.47 Å². The summed E-state index contributed by atoms with van der Waals surface area (Å²) in [6.45, 7) is -0.368.